The molecular weight excluding hydrogens is 406 g/mol. The van der Waals surface area contributed by atoms with Crippen LogP contribution in [0.2, 0.25) is 0 Å². The minimum atomic E-state index is -0.0422. The molecule has 4 nitrogen and oxygen atoms in total. The number of hydrogen-bond acceptors (Lipinski definition) is 2. The number of aryl methyl sites for hydroxylation is 2. The highest BCUT2D eigenvalue weighted by Gasteiger charge is 2.19. The van der Waals surface area contributed by atoms with Crippen molar-refractivity contribution < 1.29 is 4.79 Å². The predicted molar refractivity (Wildman–Crippen MR) is 135 cm³/mol. The van der Waals surface area contributed by atoms with Gasteiger partial charge in [0.15, 0.2) is 0 Å². The number of amides is 1. The molecule has 0 saturated carbocycles. The second kappa shape index (κ2) is 9.37. The first kappa shape index (κ1) is 21.1. The van der Waals surface area contributed by atoms with E-state index in [-0.39, 0.29) is 5.91 Å². The number of hydrazine groups is 1. The van der Waals surface area contributed by atoms with Crippen LogP contribution in [0.1, 0.15) is 36.1 Å². The Kier molecular flexibility index (Phi) is 5.99. The van der Waals surface area contributed by atoms with Crippen molar-refractivity contribution in [1.29, 1.82) is 0 Å². The van der Waals surface area contributed by atoms with Crippen molar-refractivity contribution >= 4 is 22.5 Å². The Hall–Kier alpha value is -3.79. The first-order valence-electron chi connectivity index (χ1n) is 11.7. The van der Waals surface area contributed by atoms with Crippen molar-refractivity contribution in [2.75, 3.05) is 0 Å². The Morgan fingerprint density at radius 1 is 0.818 bits per heavy atom. The van der Waals surface area contributed by atoms with Crippen LogP contribution in [0.25, 0.3) is 27.7 Å². The lowest BCUT2D eigenvalue weighted by Crippen LogP contribution is -2.36. The normalized spacial score (nSPS) is 12.8. The number of para-hydroxylation sites is 1. The highest BCUT2D eigenvalue weighted by Crippen LogP contribution is 2.32. The van der Waals surface area contributed by atoms with E-state index in [1.54, 1.807) is 0 Å². The second-order valence-corrected chi connectivity index (χ2v) is 8.65. The van der Waals surface area contributed by atoms with Crippen LogP contribution < -0.4 is 10.9 Å². The summed E-state index contributed by atoms with van der Waals surface area (Å²) in [5.41, 5.74) is 13.9. The largest absolute Gasteiger partial charge is 0.344 e. The number of nitrogens with zero attached hydrogens (tertiary/aromatic N) is 1. The third-order valence-electron chi connectivity index (χ3n) is 6.54. The summed E-state index contributed by atoms with van der Waals surface area (Å²) in [4.78, 5) is 12.6. The van der Waals surface area contributed by atoms with E-state index < -0.39 is 0 Å². The predicted octanol–water partition coefficient (Wildman–Crippen LogP) is 5.87. The van der Waals surface area contributed by atoms with Crippen molar-refractivity contribution in [2.45, 2.75) is 38.6 Å². The lowest BCUT2D eigenvalue weighted by Gasteiger charge is -2.16. The molecule has 4 heteroatoms. The first-order valence-corrected chi connectivity index (χ1v) is 11.7. The first-order chi connectivity index (χ1) is 16.2. The fourth-order valence-electron chi connectivity index (χ4n) is 4.83. The van der Waals surface area contributed by atoms with E-state index in [1.165, 1.54) is 40.6 Å². The van der Waals surface area contributed by atoms with E-state index in [1.807, 2.05) is 30.3 Å². The molecule has 0 radical (unpaired) electrons. The summed E-state index contributed by atoms with van der Waals surface area (Å²) in [6.45, 7) is 4.76. The number of carbonyl (C=O) groups is 1. The highest BCUT2D eigenvalue weighted by atomic mass is 16.2. The Bertz CT molecular complexity index is 1290. The Balaban J connectivity index is 1.19. The molecule has 0 saturated heterocycles. The van der Waals surface area contributed by atoms with Crippen molar-refractivity contribution in [3.63, 3.8) is 0 Å². The molecule has 1 heterocycles. The van der Waals surface area contributed by atoms with Crippen LogP contribution in [-0.4, -0.2) is 10.5 Å². The maximum absolute atomic E-state index is 12.6. The number of carbonyl (C=O) groups excluding carboxylic acids is 1. The standard InChI is InChI=1S/C29H29N3O/c1-21(22-15-17-24(18-16-22)23-9-3-2-4-10-23)30-31-29(33)19-20-32-27-13-7-5-11-25(27)26-12-6-8-14-28(26)32/h2-5,7,9-11,13,15-18,30H,1,6,8,12,14,19-20H2,(H,31,33). The van der Waals surface area contributed by atoms with Crippen LogP contribution in [-0.2, 0) is 24.2 Å². The monoisotopic (exact) mass is 435 g/mol. The molecular formula is C29H29N3O. The van der Waals surface area contributed by atoms with Crippen LogP contribution in [0.4, 0.5) is 0 Å². The van der Waals surface area contributed by atoms with Gasteiger partial charge in [-0.2, -0.15) is 0 Å². The summed E-state index contributed by atoms with van der Waals surface area (Å²) in [5.74, 6) is -0.0422. The van der Waals surface area contributed by atoms with Gasteiger partial charge in [-0.15, -0.1) is 0 Å². The molecule has 0 spiro atoms. The van der Waals surface area contributed by atoms with E-state index in [4.69, 9.17) is 0 Å². The molecule has 0 bridgehead atoms. The molecule has 0 aliphatic heterocycles. The average Bonchev–Trinajstić information content (AvgIpc) is 3.20. The van der Waals surface area contributed by atoms with Crippen LogP contribution >= 0.6 is 0 Å². The molecule has 166 valence electrons. The molecule has 1 aromatic heterocycles. The summed E-state index contributed by atoms with van der Waals surface area (Å²) >= 11 is 0. The molecule has 3 aromatic carbocycles. The number of rotatable bonds is 7. The lowest BCUT2D eigenvalue weighted by atomic mass is 9.95. The smallest absolute Gasteiger partial charge is 0.240 e. The van der Waals surface area contributed by atoms with Crippen LogP contribution in [0, 0.1) is 0 Å². The van der Waals surface area contributed by atoms with E-state index in [0.717, 1.165) is 24.0 Å². The zero-order chi connectivity index (χ0) is 22.6. The Labute approximate surface area is 194 Å². The quantitative estimate of drug-likeness (QED) is 0.357. The van der Waals surface area contributed by atoms with Gasteiger partial charge in [0.2, 0.25) is 5.91 Å². The summed E-state index contributed by atoms with van der Waals surface area (Å²) in [6.07, 6.45) is 5.12. The molecule has 0 atom stereocenters. The number of fused-ring (bicyclic) bond motifs is 3. The van der Waals surface area contributed by atoms with Crippen LogP contribution in [0.3, 0.4) is 0 Å². The average molecular weight is 436 g/mol. The molecule has 0 fully saturated rings. The fraction of sp³-hybridized carbons (Fsp3) is 0.207. The van der Waals surface area contributed by atoms with Crippen molar-refractivity contribution in [3.8, 4) is 11.1 Å². The van der Waals surface area contributed by atoms with Gasteiger partial charge in [0.05, 0.1) is 5.70 Å². The van der Waals surface area contributed by atoms with Gasteiger partial charge in [0.1, 0.15) is 0 Å². The van der Waals surface area contributed by atoms with Gasteiger partial charge < -0.3 is 4.57 Å². The maximum atomic E-state index is 12.6. The van der Waals surface area contributed by atoms with Gasteiger partial charge >= 0.3 is 0 Å². The van der Waals surface area contributed by atoms with Crippen molar-refractivity contribution in [1.82, 2.24) is 15.4 Å². The lowest BCUT2D eigenvalue weighted by molar-refractivity contribution is -0.121. The summed E-state index contributed by atoms with van der Waals surface area (Å²) in [5, 5.41) is 1.35. The van der Waals surface area contributed by atoms with Crippen molar-refractivity contribution in [2.24, 2.45) is 0 Å². The van der Waals surface area contributed by atoms with E-state index in [9.17, 15) is 4.79 Å². The number of hydrogen-bond donors (Lipinski definition) is 2. The Morgan fingerprint density at radius 2 is 1.52 bits per heavy atom. The van der Waals surface area contributed by atoms with Gasteiger partial charge in [0, 0.05) is 29.6 Å². The topological polar surface area (TPSA) is 46.1 Å². The zero-order valence-electron chi connectivity index (χ0n) is 18.8. The molecule has 1 aliphatic rings. The van der Waals surface area contributed by atoms with Crippen LogP contribution in [0.15, 0.2) is 85.4 Å². The molecule has 2 N–H and O–H groups in total. The summed E-state index contributed by atoms with van der Waals surface area (Å²) in [6, 6.07) is 27.0. The maximum Gasteiger partial charge on any atom is 0.240 e. The third kappa shape index (κ3) is 4.42. The molecule has 33 heavy (non-hydrogen) atoms. The van der Waals surface area contributed by atoms with Crippen LogP contribution in [0.5, 0.6) is 0 Å². The SMILES string of the molecule is C=C(NNC(=O)CCn1c2c(c3ccccc31)CCCC2)c1ccc(-c2ccccc2)cc1. The third-order valence-corrected chi connectivity index (χ3v) is 6.54. The molecule has 0 unspecified atom stereocenters. The number of nitrogens with one attached hydrogen (secondary N) is 2. The summed E-state index contributed by atoms with van der Waals surface area (Å²) in [7, 11) is 0. The number of aromatic nitrogens is 1. The van der Waals surface area contributed by atoms with Gasteiger partial charge in [-0.1, -0.05) is 79.4 Å². The van der Waals surface area contributed by atoms with E-state index >= 15 is 0 Å². The van der Waals surface area contributed by atoms with Gasteiger partial charge in [-0.3, -0.25) is 15.6 Å². The van der Waals surface area contributed by atoms with Crippen molar-refractivity contribution in [3.05, 3.63) is 102 Å². The molecule has 5 rings (SSSR count). The van der Waals surface area contributed by atoms with Gasteiger partial charge in [-0.05, 0) is 54.0 Å². The zero-order valence-corrected chi connectivity index (χ0v) is 18.8. The molecule has 1 amide bonds. The fourth-order valence-corrected chi connectivity index (χ4v) is 4.83. The number of benzene rings is 3. The highest BCUT2D eigenvalue weighted by molar-refractivity contribution is 5.86. The summed E-state index contributed by atoms with van der Waals surface area (Å²) < 4.78 is 2.35. The Morgan fingerprint density at radius 3 is 2.33 bits per heavy atom. The minimum Gasteiger partial charge on any atom is -0.344 e. The minimum absolute atomic E-state index is 0.0422. The molecule has 4 aromatic rings. The molecule has 1 aliphatic carbocycles. The van der Waals surface area contributed by atoms with Gasteiger partial charge in [-0.25, -0.2) is 0 Å². The second-order valence-electron chi connectivity index (χ2n) is 8.65. The van der Waals surface area contributed by atoms with E-state index in [2.05, 4.69) is 70.5 Å². The van der Waals surface area contributed by atoms with Gasteiger partial charge in [0.25, 0.3) is 0 Å². The van der Waals surface area contributed by atoms with E-state index in [0.29, 0.717) is 18.7 Å².